The molecule has 1 atom stereocenters. The second-order valence-electron chi connectivity index (χ2n) is 4.54. The molecule has 0 aliphatic carbocycles. The third-order valence-electron chi connectivity index (χ3n) is 3.15. The Morgan fingerprint density at radius 1 is 1.20 bits per heavy atom. The van der Waals surface area contributed by atoms with Crippen LogP contribution >= 0.6 is 11.6 Å². The van der Waals surface area contributed by atoms with Gasteiger partial charge in [-0.05, 0) is 24.6 Å². The van der Waals surface area contributed by atoms with Crippen LogP contribution in [-0.4, -0.2) is 17.6 Å². The lowest BCUT2D eigenvalue weighted by molar-refractivity contribution is 0.0952. The highest BCUT2D eigenvalue weighted by Gasteiger charge is 2.13. The first-order chi connectivity index (χ1) is 9.59. The molecule has 4 heteroatoms. The highest BCUT2D eigenvalue weighted by Crippen LogP contribution is 2.21. The Morgan fingerprint density at radius 2 is 1.90 bits per heavy atom. The lowest BCUT2D eigenvalue weighted by atomic mass is 10.1. The van der Waals surface area contributed by atoms with E-state index in [-0.39, 0.29) is 17.0 Å². The number of alkyl halides is 1. The Kier molecular flexibility index (Phi) is 4.64. The van der Waals surface area contributed by atoms with Gasteiger partial charge in [-0.3, -0.25) is 4.79 Å². The van der Waals surface area contributed by atoms with Gasteiger partial charge in [-0.25, -0.2) is 0 Å². The van der Waals surface area contributed by atoms with Crippen LogP contribution in [0.25, 0.3) is 0 Å². The van der Waals surface area contributed by atoms with Crippen LogP contribution in [0.2, 0.25) is 0 Å². The molecule has 20 heavy (non-hydrogen) atoms. The monoisotopic (exact) mass is 289 g/mol. The van der Waals surface area contributed by atoms with Crippen LogP contribution in [0.4, 0.5) is 0 Å². The van der Waals surface area contributed by atoms with Crippen molar-refractivity contribution in [2.75, 3.05) is 6.54 Å². The van der Waals surface area contributed by atoms with Crippen molar-refractivity contribution >= 4 is 17.5 Å². The number of halogens is 1. The summed E-state index contributed by atoms with van der Waals surface area (Å²) in [4.78, 5) is 12.1. The maximum absolute atomic E-state index is 12.1. The van der Waals surface area contributed by atoms with Crippen molar-refractivity contribution < 1.29 is 9.90 Å². The van der Waals surface area contributed by atoms with Crippen LogP contribution in [-0.2, 0) is 0 Å². The maximum atomic E-state index is 12.1. The molecule has 2 rings (SSSR count). The van der Waals surface area contributed by atoms with Crippen molar-refractivity contribution in [3.63, 3.8) is 0 Å². The molecular formula is C16H16ClNO2. The van der Waals surface area contributed by atoms with Gasteiger partial charge in [-0.1, -0.05) is 36.4 Å². The number of carbonyl (C=O) groups excluding carboxylic acids is 1. The van der Waals surface area contributed by atoms with Gasteiger partial charge in [0.05, 0.1) is 5.38 Å². The lowest BCUT2D eigenvalue weighted by Gasteiger charge is -2.12. The van der Waals surface area contributed by atoms with Crippen molar-refractivity contribution in [2.24, 2.45) is 0 Å². The Hall–Kier alpha value is -2.00. The van der Waals surface area contributed by atoms with Crippen molar-refractivity contribution in [3.8, 4) is 5.75 Å². The summed E-state index contributed by atoms with van der Waals surface area (Å²) in [6.45, 7) is 2.04. The minimum atomic E-state index is -0.280. The Balaban J connectivity index is 2.01. The minimum Gasteiger partial charge on any atom is -0.508 e. The highest BCUT2D eigenvalue weighted by atomic mass is 35.5. The van der Waals surface area contributed by atoms with E-state index in [0.29, 0.717) is 17.7 Å². The fraction of sp³-hybridized carbons (Fsp3) is 0.188. The van der Waals surface area contributed by atoms with Gasteiger partial charge in [0, 0.05) is 17.7 Å². The van der Waals surface area contributed by atoms with Gasteiger partial charge in [0.15, 0.2) is 0 Å². The topological polar surface area (TPSA) is 49.3 Å². The average Bonchev–Trinajstić information content (AvgIpc) is 2.48. The molecule has 0 bridgehead atoms. The zero-order chi connectivity index (χ0) is 14.5. The van der Waals surface area contributed by atoms with Crippen LogP contribution in [0.1, 0.15) is 26.9 Å². The summed E-state index contributed by atoms with van der Waals surface area (Å²) in [6.07, 6.45) is 0. The molecule has 1 unspecified atom stereocenters. The first kappa shape index (κ1) is 14.4. The number of hydrogen-bond donors (Lipinski definition) is 2. The van der Waals surface area contributed by atoms with E-state index in [9.17, 15) is 9.90 Å². The minimum absolute atomic E-state index is 0.114. The molecule has 2 aromatic rings. The Bertz CT molecular complexity index is 599. The zero-order valence-corrected chi connectivity index (χ0v) is 11.9. The molecule has 0 heterocycles. The van der Waals surface area contributed by atoms with Gasteiger partial charge >= 0.3 is 0 Å². The molecule has 2 aromatic carbocycles. The highest BCUT2D eigenvalue weighted by molar-refractivity contribution is 6.21. The largest absolute Gasteiger partial charge is 0.508 e. The number of phenolic OH excluding ortho intramolecular Hbond substituents is 1. The van der Waals surface area contributed by atoms with Gasteiger partial charge in [0.2, 0.25) is 0 Å². The summed E-state index contributed by atoms with van der Waals surface area (Å²) in [7, 11) is 0. The normalized spacial score (nSPS) is 11.9. The van der Waals surface area contributed by atoms with E-state index < -0.39 is 0 Å². The molecule has 1 amide bonds. The number of aromatic hydroxyl groups is 1. The fourth-order valence-corrected chi connectivity index (χ4v) is 2.15. The molecule has 0 aliphatic rings. The molecule has 0 spiro atoms. The van der Waals surface area contributed by atoms with Crippen molar-refractivity contribution in [1.82, 2.24) is 5.32 Å². The van der Waals surface area contributed by atoms with Crippen molar-refractivity contribution in [1.29, 1.82) is 0 Å². The van der Waals surface area contributed by atoms with E-state index in [1.54, 1.807) is 25.1 Å². The lowest BCUT2D eigenvalue weighted by Crippen LogP contribution is -2.27. The van der Waals surface area contributed by atoms with E-state index in [2.05, 4.69) is 5.32 Å². The molecule has 2 N–H and O–H groups in total. The molecule has 0 aliphatic heterocycles. The van der Waals surface area contributed by atoms with Gasteiger partial charge in [-0.15, -0.1) is 11.6 Å². The van der Waals surface area contributed by atoms with E-state index in [1.165, 1.54) is 0 Å². The predicted molar refractivity (Wildman–Crippen MR) is 80.2 cm³/mol. The first-order valence-electron chi connectivity index (χ1n) is 6.35. The van der Waals surface area contributed by atoms with Crippen LogP contribution in [0.3, 0.4) is 0 Å². The van der Waals surface area contributed by atoms with Gasteiger partial charge in [0.1, 0.15) is 5.75 Å². The number of rotatable bonds is 4. The third kappa shape index (κ3) is 3.31. The molecule has 104 valence electrons. The zero-order valence-electron chi connectivity index (χ0n) is 11.1. The first-order valence-corrected chi connectivity index (χ1v) is 6.79. The summed E-state index contributed by atoms with van der Waals surface area (Å²) in [6, 6.07) is 14.5. The second kappa shape index (κ2) is 6.44. The summed E-state index contributed by atoms with van der Waals surface area (Å²) in [5.41, 5.74) is 1.99. The SMILES string of the molecule is Cc1c(O)cccc1C(=O)NCC(Cl)c1ccccc1. The van der Waals surface area contributed by atoms with Crippen LogP contribution < -0.4 is 5.32 Å². The quantitative estimate of drug-likeness (QED) is 0.848. The number of hydrogen-bond acceptors (Lipinski definition) is 2. The number of amides is 1. The fourth-order valence-electron chi connectivity index (χ4n) is 1.93. The summed E-state index contributed by atoms with van der Waals surface area (Å²) < 4.78 is 0. The van der Waals surface area contributed by atoms with E-state index >= 15 is 0 Å². The predicted octanol–water partition coefficient (Wildman–Crippen LogP) is 3.41. The second-order valence-corrected chi connectivity index (χ2v) is 5.06. The molecular weight excluding hydrogens is 274 g/mol. The summed E-state index contributed by atoms with van der Waals surface area (Å²) in [5, 5.41) is 12.1. The van der Waals surface area contributed by atoms with Gasteiger partial charge in [0.25, 0.3) is 5.91 Å². The molecule has 0 fully saturated rings. The van der Waals surface area contributed by atoms with E-state index in [4.69, 9.17) is 11.6 Å². The van der Waals surface area contributed by atoms with E-state index in [1.807, 2.05) is 30.3 Å². The van der Waals surface area contributed by atoms with Crippen molar-refractivity contribution in [3.05, 3.63) is 65.2 Å². The van der Waals surface area contributed by atoms with Gasteiger partial charge in [-0.2, -0.15) is 0 Å². The Labute approximate surface area is 123 Å². The van der Waals surface area contributed by atoms with Crippen LogP contribution in [0, 0.1) is 6.92 Å². The van der Waals surface area contributed by atoms with E-state index in [0.717, 1.165) is 5.56 Å². The third-order valence-corrected chi connectivity index (χ3v) is 3.56. The summed E-state index contributed by atoms with van der Waals surface area (Å²) in [5.74, 6) is -0.122. The maximum Gasteiger partial charge on any atom is 0.251 e. The smallest absolute Gasteiger partial charge is 0.251 e. The number of nitrogens with one attached hydrogen (secondary N) is 1. The number of benzene rings is 2. The molecule has 0 saturated heterocycles. The molecule has 0 saturated carbocycles. The Morgan fingerprint density at radius 3 is 2.60 bits per heavy atom. The number of carbonyl (C=O) groups is 1. The van der Waals surface area contributed by atoms with Crippen LogP contribution in [0.5, 0.6) is 5.75 Å². The number of phenols is 1. The van der Waals surface area contributed by atoms with Crippen molar-refractivity contribution in [2.45, 2.75) is 12.3 Å². The standard InChI is InChI=1S/C16H16ClNO2/c1-11-13(8-5-9-15(11)19)16(20)18-10-14(17)12-6-3-2-4-7-12/h2-9,14,19H,10H2,1H3,(H,18,20). The average molecular weight is 290 g/mol. The van der Waals surface area contributed by atoms with Gasteiger partial charge < -0.3 is 10.4 Å². The molecule has 0 aromatic heterocycles. The summed E-state index contributed by atoms with van der Waals surface area (Å²) >= 11 is 6.24. The molecule has 0 radical (unpaired) electrons. The molecule has 3 nitrogen and oxygen atoms in total. The van der Waals surface area contributed by atoms with Crippen LogP contribution in [0.15, 0.2) is 48.5 Å².